The monoisotopic (exact) mass is 252 g/mol. The number of anilines is 1. The summed E-state index contributed by atoms with van der Waals surface area (Å²) in [5.41, 5.74) is 0.912. The predicted octanol–water partition coefficient (Wildman–Crippen LogP) is 1.98. The van der Waals surface area contributed by atoms with Crippen LogP contribution in [0.2, 0.25) is 0 Å². The fraction of sp³-hybridized carbons (Fsp3) is 0.417. The van der Waals surface area contributed by atoms with Crippen LogP contribution in [0.4, 0.5) is 11.4 Å². The largest absolute Gasteiger partial charge is 0.469 e. The molecule has 0 N–H and O–H groups in total. The van der Waals surface area contributed by atoms with Crippen LogP contribution in [0.1, 0.15) is 13.3 Å². The summed E-state index contributed by atoms with van der Waals surface area (Å²) < 4.78 is 4.58. The summed E-state index contributed by atoms with van der Waals surface area (Å²) in [6.07, 6.45) is 0.293. The Kier molecular flexibility index (Phi) is 5.10. The van der Waals surface area contributed by atoms with Crippen molar-refractivity contribution < 1.29 is 14.5 Å². The third kappa shape index (κ3) is 3.73. The lowest BCUT2D eigenvalue weighted by atomic mass is 10.2. The van der Waals surface area contributed by atoms with Crippen molar-refractivity contribution >= 4 is 17.3 Å². The van der Waals surface area contributed by atoms with Gasteiger partial charge in [0.2, 0.25) is 0 Å². The number of hydrogen-bond donors (Lipinski definition) is 0. The third-order valence-corrected chi connectivity index (χ3v) is 2.62. The highest BCUT2D eigenvalue weighted by Crippen LogP contribution is 2.19. The van der Waals surface area contributed by atoms with Crippen molar-refractivity contribution in [3.8, 4) is 0 Å². The number of rotatable bonds is 6. The molecule has 0 saturated carbocycles. The molecular weight excluding hydrogens is 236 g/mol. The molecule has 0 fully saturated rings. The smallest absolute Gasteiger partial charge is 0.307 e. The van der Waals surface area contributed by atoms with Gasteiger partial charge in [-0.05, 0) is 19.1 Å². The van der Waals surface area contributed by atoms with E-state index in [0.717, 1.165) is 12.2 Å². The molecule has 0 amide bonds. The van der Waals surface area contributed by atoms with Gasteiger partial charge in [0.1, 0.15) is 0 Å². The molecule has 0 aliphatic heterocycles. The van der Waals surface area contributed by atoms with Crippen molar-refractivity contribution in [3.05, 3.63) is 34.4 Å². The van der Waals surface area contributed by atoms with Gasteiger partial charge in [0.15, 0.2) is 0 Å². The summed E-state index contributed by atoms with van der Waals surface area (Å²) in [4.78, 5) is 23.1. The average molecular weight is 252 g/mol. The van der Waals surface area contributed by atoms with E-state index in [1.54, 1.807) is 12.1 Å². The molecule has 0 spiro atoms. The Hall–Kier alpha value is -2.11. The number of ether oxygens (including phenoxy) is 1. The van der Waals surface area contributed by atoms with Crippen LogP contribution in [0.25, 0.3) is 0 Å². The van der Waals surface area contributed by atoms with Crippen LogP contribution < -0.4 is 4.90 Å². The van der Waals surface area contributed by atoms with Gasteiger partial charge in [-0.2, -0.15) is 0 Å². The van der Waals surface area contributed by atoms with Crippen molar-refractivity contribution in [3.63, 3.8) is 0 Å². The molecule has 0 aliphatic rings. The van der Waals surface area contributed by atoms with E-state index in [2.05, 4.69) is 4.74 Å². The molecule has 1 rings (SSSR count). The summed E-state index contributed by atoms with van der Waals surface area (Å²) in [6, 6.07) is 6.27. The molecule has 0 radical (unpaired) electrons. The van der Waals surface area contributed by atoms with Gasteiger partial charge < -0.3 is 9.64 Å². The molecule has 0 atom stereocenters. The maximum atomic E-state index is 11.1. The van der Waals surface area contributed by atoms with E-state index in [0.29, 0.717) is 13.0 Å². The molecule has 0 bridgehead atoms. The Morgan fingerprint density at radius 1 is 1.39 bits per heavy atom. The van der Waals surface area contributed by atoms with Gasteiger partial charge in [0.05, 0.1) is 18.5 Å². The first-order valence-electron chi connectivity index (χ1n) is 5.64. The van der Waals surface area contributed by atoms with Crippen LogP contribution in [0, 0.1) is 10.1 Å². The highest BCUT2D eigenvalue weighted by molar-refractivity contribution is 5.70. The van der Waals surface area contributed by atoms with E-state index in [4.69, 9.17) is 0 Å². The fourth-order valence-corrected chi connectivity index (χ4v) is 1.58. The Balaban J connectivity index is 2.70. The summed E-state index contributed by atoms with van der Waals surface area (Å²) >= 11 is 0. The number of nitrogens with zero attached hydrogens (tertiary/aromatic N) is 2. The second-order valence-corrected chi connectivity index (χ2v) is 3.68. The first-order valence-corrected chi connectivity index (χ1v) is 5.64. The van der Waals surface area contributed by atoms with Crippen LogP contribution in [0.3, 0.4) is 0 Å². The standard InChI is InChI=1S/C12H16N2O4/c1-3-13(9-8-12(15)18-2)10-4-6-11(7-5-10)14(16)17/h4-7H,3,8-9H2,1-2H3. The van der Waals surface area contributed by atoms with Gasteiger partial charge in [0, 0.05) is 30.9 Å². The SMILES string of the molecule is CCN(CCC(=O)OC)c1ccc([N+](=O)[O-])cc1. The van der Waals surface area contributed by atoms with Crippen molar-refractivity contribution in [2.45, 2.75) is 13.3 Å². The fourth-order valence-electron chi connectivity index (χ4n) is 1.58. The quantitative estimate of drug-likeness (QED) is 0.439. The van der Waals surface area contributed by atoms with E-state index in [9.17, 15) is 14.9 Å². The number of benzene rings is 1. The van der Waals surface area contributed by atoms with Gasteiger partial charge in [0.25, 0.3) is 5.69 Å². The van der Waals surface area contributed by atoms with Gasteiger partial charge in [-0.15, -0.1) is 0 Å². The molecule has 1 aromatic rings. The van der Waals surface area contributed by atoms with E-state index in [-0.39, 0.29) is 11.7 Å². The van der Waals surface area contributed by atoms with Crippen molar-refractivity contribution in [1.29, 1.82) is 0 Å². The van der Waals surface area contributed by atoms with Crippen LogP contribution >= 0.6 is 0 Å². The number of carbonyl (C=O) groups excluding carboxylic acids is 1. The zero-order chi connectivity index (χ0) is 13.5. The van der Waals surface area contributed by atoms with Crippen molar-refractivity contribution in [2.24, 2.45) is 0 Å². The molecule has 0 aliphatic carbocycles. The number of non-ortho nitro benzene ring substituents is 1. The molecule has 0 aromatic heterocycles. The Labute approximate surface area is 105 Å². The molecule has 1 aromatic carbocycles. The summed E-state index contributed by atoms with van der Waals surface area (Å²) in [6.45, 7) is 3.20. The van der Waals surface area contributed by atoms with Gasteiger partial charge >= 0.3 is 5.97 Å². The molecule has 0 unspecified atom stereocenters. The van der Waals surface area contributed by atoms with E-state index in [1.807, 2.05) is 11.8 Å². The zero-order valence-electron chi connectivity index (χ0n) is 10.5. The summed E-state index contributed by atoms with van der Waals surface area (Å²) in [5, 5.41) is 10.5. The van der Waals surface area contributed by atoms with Crippen LogP contribution in [-0.2, 0) is 9.53 Å². The minimum Gasteiger partial charge on any atom is -0.469 e. The Morgan fingerprint density at radius 3 is 2.44 bits per heavy atom. The number of nitro benzene ring substituents is 1. The highest BCUT2D eigenvalue weighted by Gasteiger charge is 2.10. The van der Waals surface area contributed by atoms with E-state index in [1.165, 1.54) is 19.2 Å². The minimum absolute atomic E-state index is 0.0581. The average Bonchev–Trinajstić information content (AvgIpc) is 2.39. The highest BCUT2D eigenvalue weighted by atomic mass is 16.6. The topological polar surface area (TPSA) is 72.7 Å². The van der Waals surface area contributed by atoms with Crippen LogP contribution in [0.5, 0.6) is 0 Å². The molecule has 18 heavy (non-hydrogen) atoms. The molecule has 0 heterocycles. The molecule has 98 valence electrons. The van der Waals surface area contributed by atoms with E-state index < -0.39 is 4.92 Å². The molecule has 6 heteroatoms. The molecule has 0 saturated heterocycles. The summed E-state index contributed by atoms with van der Waals surface area (Å²) in [5.74, 6) is -0.268. The zero-order valence-corrected chi connectivity index (χ0v) is 10.5. The van der Waals surface area contributed by atoms with Crippen molar-refractivity contribution in [1.82, 2.24) is 0 Å². The Bertz CT molecular complexity index is 417. The lowest BCUT2D eigenvalue weighted by Crippen LogP contribution is -2.26. The second-order valence-electron chi connectivity index (χ2n) is 3.68. The number of nitro groups is 1. The van der Waals surface area contributed by atoms with Crippen LogP contribution in [0.15, 0.2) is 24.3 Å². The molecule has 6 nitrogen and oxygen atoms in total. The normalized spacial score (nSPS) is 9.89. The van der Waals surface area contributed by atoms with Gasteiger partial charge in [-0.1, -0.05) is 0 Å². The first-order chi connectivity index (χ1) is 8.58. The lowest BCUT2D eigenvalue weighted by molar-refractivity contribution is -0.384. The van der Waals surface area contributed by atoms with E-state index >= 15 is 0 Å². The second kappa shape index (κ2) is 6.58. The Morgan fingerprint density at radius 2 is 2.00 bits per heavy atom. The van der Waals surface area contributed by atoms with Crippen LogP contribution in [-0.4, -0.2) is 31.1 Å². The number of carbonyl (C=O) groups is 1. The first kappa shape index (κ1) is 14.0. The van der Waals surface area contributed by atoms with Gasteiger partial charge in [-0.25, -0.2) is 0 Å². The maximum Gasteiger partial charge on any atom is 0.307 e. The summed E-state index contributed by atoms with van der Waals surface area (Å²) in [7, 11) is 1.35. The molecular formula is C12H16N2O4. The van der Waals surface area contributed by atoms with Crippen molar-refractivity contribution in [2.75, 3.05) is 25.1 Å². The number of methoxy groups -OCH3 is 1. The minimum atomic E-state index is -0.436. The maximum absolute atomic E-state index is 11.1. The third-order valence-electron chi connectivity index (χ3n) is 2.62. The van der Waals surface area contributed by atoms with Gasteiger partial charge in [-0.3, -0.25) is 14.9 Å². The number of esters is 1. The predicted molar refractivity (Wildman–Crippen MR) is 67.6 cm³/mol. The number of hydrogen-bond acceptors (Lipinski definition) is 5. The lowest BCUT2D eigenvalue weighted by Gasteiger charge is -2.22.